The standard InChI is InChI=1S/C25H27F2N7O3S/c1-13-10-20(29-14(2)28-13)31-21-12-17(22-24(32-21)34-25(33-22)23(26)27)30-16-8-7-15(11-19(16)38(3,35)36)18-6-4-5-9-37-18/h7-8,10-12,18,23H,4-6,9H2,1-3H3,(H3,28,29,30,31,32,33,34). The number of benzene rings is 1. The summed E-state index contributed by atoms with van der Waals surface area (Å²) in [6.07, 6.45) is 0.880. The summed E-state index contributed by atoms with van der Waals surface area (Å²) in [5.74, 6) is 0.757. The Morgan fingerprint density at radius 3 is 2.47 bits per heavy atom. The fourth-order valence-electron chi connectivity index (χ4n) is 4.48. The predicted molar refractivity (Wildman–Crippen MR) is 139 cm³/mol. The summed E-state index contributed by atoms with van der Waals surface area (Å²) in [4.78, 5) is 19.6. The lowest BCUT2D eigenvalue weighted by Gasteiger charge is -2.24. The van der Waals surface area contributed by atoms with Gasteiger partial charge in [0.2, 0.25) is 0 Å². The molecule has 3 aromatic heterocycles. The zero-order chi connectivity index (χ0) is 27.0. The van der Waals surface area contributed by atoms with Gasteiger partial charge in [-0.2, -0.15) is 0 Å². The summed E-state index contributed by atoms with van der Waals surface area (Å²) in [5, 5.41) is 6.16. The number of hydrogen-bond acceptors (Lipinski definition) is 9. The minimum atomic E-state index is -3.66. The van der Waals surface area contributed by atoms with E-state index in [2.05, 4.69) is 35.6 Å². The van der Waals surface area contributed by atoms with Gasteiger partial charge in [-0.25, -0.2) is 37.1 Å². The topological polar surface area (TPSA) is 135 Å². The number of alkyl halides is 2. The van der Waals surface area contributed by atoms with Crippen LogP contribution in [0, 0.1) is 13.8 Å². The number of ether oxygens (including phenoxy) is 1. The van der Waals surface area contributed by atoms with E-state index in [-0.39, 0.29) is 39.4 Å². The first-order chi connectivity index (χ1) is 18.1. The molecular formula is C25H27F2N7O3S. The Labute approximate surface area is 218 Å². The Morgan fingerprint density at radius 2 is 1.79 bits per heavy atom. The van der Waals surface area contributed by atoms with E-state index in [1.54, 1.807) is 31.2 Å². The largest absolute Gasteiger partial charge is 0.374 e. The second-order valence-corrected chi connectivity index (χ2v) is 11.2. The fourth-order valence-corrected chi connectivity index (χ4v) is 5.35. The fraction of sp³-hybridized carbons (Fsp3) is 0.360. The third-order valence-corrected chi connectivity index (χ3v) is 7.26. The zero-order valence-corrected chi connectivity index (χ0v) is 21.9. The smallest absolute Gasteiger partial charge is 0.295 e. The van der Waals surface area contributed by atoms with Gasteiger partial charge in [0.1, 0.15) is 23.0 Å². The first-order valence-corrected chi connectivity index (χ1v) is 14.0. The number of imidazole rings is 1. The number of pyridine rings is 1. The van der Waals surface area contributed by atoms with Crippen LogP contribution in [0.4, 0.5) is 31.8 Å². The number of halogens is 2. The monoisotopic (exact) mass is 543 g/mol. The molecule has 3 N–H and O–H groups in total. The van der Waals surface area contributed by atoms with Crippen LogP contribution in [0.3, 0.4) is 0 Å². The first kappa shape index (κ1) is 25.9. The number of aromatic amines is 1. The van der Waals surface area contributed by atoms with E-state index in [1.807, 2.05) is 13.0 Å². The van der Waals surface area contributed by atoms with Crippen LogP contribution in [-0.2, 0) is 14.6 Å². The molecule has 1 aromatic carbocycles. The average molecular weight is 544 g/mol. The molecule has 1 atom stereocenters. The summed E-state index contributed by atoms with van der Waals surface area (Å²) in [6.45, 7) is 4.20. The summed E-state index contributed by atoms with van der Waals surface area (Å²) in [5.41, 5.74) is 2.31. The van der Waals surface area contributed by atoms with Crippen LogP contribution in [0.15, 0.2) is 35.2 Å². The van der Waals surface area contributed by atoms with E-state index in [9.17, 15) is 17.2 Å². The molecule has 4 aromatic rings. The van der Waals surface area contributed by atoms with Gasteiger partial charge in [-0.15, -0.1) is 0 Å². The molecule has 1 aliphatic rings. The molecule has 0 saturated carbocycles. The van der Waals surface area contributed by atoms with Gasteiger partial charge in [0.25, 0.3) is 6.43 Å². The van der Waals surface area contributed by atoms with Gasteiger partial charge in [0.05, 0.1) is 22.4 Å². The number of sulfone groups is 1. The normalized spacial score (nSPS) is 16.2. The summed E-state index contributed by atoms with van der Waals surface area (Å²) >= 11 is 0. The van der Waals surface area contributed by atoms with Crippen LogP contribution in [0.1, 0.15) is 54.7 Å². The predicted octanol–water partition coefficient (Wildman–Crippen LogP) is 5.43. The van der Waals surface area contributed by atoms with Crippen molar-refractivity contribution in [3.8, 4) is 0 Å². The summed E-state index contributed by atoms with van der Waals surface area (Å²) < 4.78 is 58.3. The third kappa shape index (κ3) is 5.58. The molecule has 0 aliphatic carbocycles. The number of hydrogen-bond donors (Lipinski definition) is 3. The maximum Gasteiger partial charge on any atom is 0.295 e. The molecular weight excluding hydrogens is 516 g/mol. The van der Waals surface area contributed by atoms with Crippen molar-refractivity contribution < 1.29 is 21.9 Å². The van der Waals surface area contributed by atoms with Crippen molar-refractivity contribution in [3.63, 3.8) is 0 Å². The number of H-pyrrole nitrogens is 1. The molecule has 0 spiro atoms. The van der Waals surface area contributed by atoms with Crippen LogP contribution < -0.4 is 10.6 Å². The highest BCUT2D eigenvalue weighted by Gasteiger charge is 2.23. The van der Waals surface area contributed by atoms with Crippen molar-refractivity contribution in [2.24, 2.45) is 0 Å². The second-order valence-electron chi connectivity index (χ2n) is 9.25. The Balaban J connectivity index is 1.58. The highest BCUT2D eigenvalue weighted by molar-refractivity contribution is 7.90. The van der Waals surface area contributed by atoms with E-state index in [4.69, 9.17) is 4.74 Å². The van der Waals surface area contributed by atoms with Gasteiger partial charge >= 0.3 is 0 Å². The van der Waals surface area contributed by atoms with Gasteiger partial charge in [-0.3, -0.25) is 0 Å². The molecule has 0 amide bonds. The molecule has 10 nitrogen and oxygen atoms in total. The molecule has 4 heterocycles. The number of fused-ring (bicyclic) bond motifs is 1. The quantitative estimate of drug-likeness (QED) is 0.279. The molecule has 1 aliphatic heterocycles. The Kier molecular flexibility index (Phi) is 6.97. The van der Waals surface area contributed by atoms with Gasteiger partial charge in [0.15, 0.2) is 21.3 Å². The van der Waals surface area contributed by atoms with E-state index in [1.165, 1.54) is 0 Å². The minimum Gasteiger partial charge on any atom is -0.374 e. The molecule has 13 heteroatoms. The molecule has 0 radical (unpaired) electrons. The van der Waals surface area contributed by atoms with Crippen LogP contribution in [0.25, 0.3) is 11.2 Å². The van der Waals surface area contributed by atoms with Crippen molar-refractivity contribution in [1.82, 2.24) is 24.9 Å². The number of rotatable bonds is 7. The lowest BCUT2D eigenvalue weighted by Crippen LogP contribution is -2.13. The van der Waals surface area contributed by atoms with Crippen molar-refractivity contribution in [3.05, 3.63) is 53.2 Å². The highest BCUT2D eigenvalue weighted by Crippen LogP contribution is 2.35. The van der Waals surface area contributed by atoms with E-state index < -0.39 is 22.1 Å². The Bertz CT molecular complexity index is 1580. The van der Waals surface area contributed by atoms with Crippen molar-refractivity contribution in [1.29, 1.82) is 0 Å². The summed E-state index contributed by atoms with van der Waals surface area (Å²) in [6, 6.07) is 8.35. The van der Waals surface area contributed by atoms with Gasteiger partial charge in [-0.05, 0) is 50.8 Å². The minimum absolute atomic E-state index is 0.0651. The van der Waals surface area contributed by atoms with Gasteiger partial charge in [0, 0.05) is 30.7 Å². The number of nitrogens with zero attached hydrogens (tertiary/aromatic N) is 4. The van der Waals surface area contributed by atoms with Crippen LogP contribution in [0.2, 0.25) is 0 Å². The molecule has 1 unspecified atom stereocenters. The Hall–Kier alpha value is -3.71. The van der Waals surface area contributed by atoms with Gasteiger partial charge in [-0.1, -0.05) is 6.07 Å². The van der Waals surface area contributed by atoms with Crippen LogP contribution in [-0.4, -0.2) is 46.2 Å². The molecule has 1 fully saturated rings. The van der Waals surface area contributed by atoms with Crippen molar-refractivity contribution in [2.45, 2.75) is 50.5 Å². The van der Waals surface area contributed by atoms with E-state index in [0.29, 0.717) is 18.2 Å². The number of aromatic nitrogens is 5. The summed E-state index contributed by atoms with van der Waals surface area (Å²) in [7, 11) is -3.66. The van der Waals surface area contributed by atoms with E-state index in [0.717, 1.165) is 36.8 Å². The van der Waals surface area contributed by atoms with Crippen molar-refractivity contribution >= 4 is 44.0 Å². The number of nitrogens with one attached hydrogen (secondary N) is 3. The average Bonchev–Trinajstić information content (AvgIpc) is 3.28. The molecule has 0 bridgehead atoms. The lowest BCUT2D eigenvalue weighted by molar-refractivity contribution is 0.0148. The van der Waals surface area contributed by atoms with Crippen molar-refractivity contribution in [2.75, 3.05) is 23.5 Å². The van der Waals surface area contributed by atoms with E-state index >= 15 is 0 Å². The zero-order valence-electron chi connectivity index (χ0n) is 21.0. The number of anilines is 4. The SMILES string of the molecule is Cc1cc(Nc2cc(Nc3ccc(C4CCCCO4)cc3S(C)(=O)=O)c3nc(C(F)F)[nH]c3n2)nc(C)n1. The van der Waals surface area contributed by atoms with Crippen LogP contribution in [0.5, 0.6) is 0 Å². The molecule has 38 heavy (non-hydrogen) atoms. The van der Waals surface area contributed by atoms with Gasteiger partial charge < -0.3 is 20.4 Å². The molecule has 5 rings (SSSR count). The van der Waals surface area contributed by atoms with Crippen LogP contribution >= 0.6 is 0 Å². The third-order valence-electron chi connectivity index (χ3n) is 6.13. The second kappa shape index (κ2) is 10.2. The maximum absolute atomic E-state index is 13.5. The Morgan fingerprint density at radius 1 is 1.00 bits per heavy atom. The molecule has 200 valence electrons. The highest BCUT2D eigenvalue weighted by atomic mass is 32.2. The lowest BCUT2D eigenvalue weighted by atomic mass is 10.0. The maximum atomic E-state index is 13.5. The number of aryl methyl sites for hydroxylation is 2. The molecule has 1 saturated heterocycles. The first-order valence-electron chi connectivity index (χ1n) is 12.1.